The van der Waals surface area contributed by atoms with Gasteiger partial charge >= 0.3 is 23.9 Å². The molecule has 8 heteroatoms. The number of hydrogen-bond donors (Lipinski definition) is 0. The molecule has 140 valence electrons. The van der Waals surface area contributed by atoms with E-state index in [1.165, 1.54) is 0 Å². The van der Waals surface area contributed by atoms with Crippen LogP contribution >= 0.6 is 0 Å². The van der Waals surface area contributed by atoms with Crippen LogP contribution in [0, 0.1) is 0 Å². The van der Waals surface area contributed by atoms with Crippen molar-refractivity contribution < 1.29 is 38.1 Å². The summed E-state index contributed by atoms with van der Waals surface area (Å²) in [4.78, 5) is 44.2. The topological polar surface area (TPSA) is 105 Å². The Balaban J connectivity index is 0.000000190. The number of carbonyl (C=O) groups excluding carboxylic acids is 4. The molecule has 1 fully saturated rings. The molecule has 0 radical (unpaired) electrons. The Morgan fingerprint density at radius 2 is 0.885 bits per heavy atom. The minimum atomic E-state index is -0.394. The van der Waals surface area contributed by atoms with E-state index in [1.807, 2.05) is 0 Å². The molecule has 26 heavy (non-hydrogen) atoms. The molecule has 0 aliphatic carbocycles. The van der Waals surface area contributed by atoms with E-state index in [1.54, 1.807) is 24.3 Å². The van der Waals surface area contributed by atoms with Gasteiger partial charge in [-0.15, -0.1) is 0 Å². The predicted octanol–water partition coefficient (Wildman–Crippen LogP) is 1.66. The van der Waals surface area contributed by atoms with Crippen molar-refractivity contribution in [2.24, 2.45) is 0 Å². The summed E-state index contributed by atoms with van der Waals surface area (Å²) in [5.41, 5.74) is 0.895. The number of carbonyl (C=O) groups is 4. The minimum Gasteiger partial charge on any atom is -0.462 e. The number of esters is 4. The summed E-state index contributed by atoms with van der Waals surface area (Å²) in [6.45, 7) is 0.571. The Bertz CT molecular complexity index is 577. The average Bonchev–Trinajstić information content (AvgIpc) is 2.66. The molecule has 8 nitrogen and oxygen atoms in total. The van der Waals surface area contributed by atoms with E-state index in [0.29, 0.717) is 36.8 Å². The molecule has 4 rings (SSSR count). The molecule has 3 aliphatic heterocycles. The normalized spacial score (nSPS) is 18.3. The van der Waals surface area contributed by atoms with Gasteiger partial charge in [-0.25, -0.2) is 9.59 Å². The maximum absolute atomic E-state index is 11.3. The van der Waals surface area contributed by atoms with Crippen molar-refractivity contribution in [2.45, 2.75) is 25.7 Å². The van der Waals surface area contributed by atoms with Gasteiger partial charge in [0.05, 0.1) is 11.1 Å². The van der Waals surface area contributed by atoms with Crippen LogP contribution < -0.4 is 0 Å². The quantitative estimate of drug-likeness (QED) is 0.505. The SMILES string of the molecule is O=C1CCCCC(=O)OCCO1.O=C1OCCOC(=O)c2ccc1cc2. The van der Waals surface area contributed by atoms with E-state index in [9.17, 15) is 19.2 Å². The summed E-state index contributed by atoms with van der Waals surface area (Å²) < 4.78 is 19.2. The van der Waals surface area contributed by atoms with E-state index in [-0.39, 0.29) is 38.4 Å². The highest BCUT2D eigenvalue weighted by atomic mass is 16.6. The fourth-order valence-corrected chi connectivity index (χ4v) is 2.17. The molecule has 0 saturated carbocycles. The van der Waals surface area contributed by atoms with Gasteiger partial charge in [-0.1, -0.05) is 0 Å². The molecule has 3 heterocycles. The second-order valence-corrected chi connectivity index (χ2v) is 5.50. The molecule has 1 saturated heterocycles. The van der Waals surface area contributed by atoms with Gasteiger partial charge in [0.2, 0.25) is 0 Å². The van der Waals surface area contributed by atoms with Crippen LogP contribution in [0.15, 0.2) is 24.3 Å². The highest BCUT2D eigenvalue weighted by molar-refractivity contribution is 5.93. The zero-order valence-corrected chi connectivity index (χ0v) is 14.2. The van der Waals surface area contributed by atoms with Crippen LogP contribution in [-0.2, 0) is 28.5 Å². The van der Waals surface area contributed by atoms with Crippen molar-refractivity contribution in [3.63, 3.8) is 0 Å². The van der Waals surface area contributed by atoms with Gasteiger partial charge in [0, 0.05) is 12.8 Å². The summed E-state index contributed by atoms with van der Waals surface area (Å²) in [6, 6.07) is 6.18. The summed E-state index contributed by atoms with van der Waals surface area (Å²) in [5.74, 6) is -1.19. The lowest BCUT2D eigenvalue weighted by Crippen LogP contribution is -2.16. The third-order valence-electron chi connectivity index (χ3n) is 3.53. The second kappa shape index (κ2) is 10.2. The molecule has 3 aliphatic rings. The maximum Gasteiger partial charge on any atom is 0.338 e. The van der Waals surface area contributed by atoms with E-state index >= 15 is 0 Å². The van der Waals surface area contributed by atoms with Gasteiger partial charge < -0.3 is 18.9 Å². The van der Waals surface area contributed by atoms with Gasteiger partial charge in [-0.2, -0.15) is 0 Å². The Hall–Kier alpha value is -2.90. The lowest BCUT2D eigenvalue weighted by atomic mass is 10.1. The standard InChI is InChI=1S/C10H8O4.C8H12O4/c11-9-7-1-2-8(4-3-7)10(12)14-6-5-13-9;9-7-3-1-2-4-8(10)12-6-5-11-7/h1-4H,5-6H2;1-6H2. The highest BCUT2D eigenvalue weighted by Crippen LogP contribution is 2.09. The van der Waals surface area contributed by atoms with Crippen molar-refractivity contribution in [1.82, 2.24) is 0 Å². The molecule has 0 amide bonds. The number of fused-ring (bicyclic) bond motifs is 7. The molecule has 0 N–H and O–H groups in total. The van der Waals surface area contributed by atoms with Gasteiger partial charge in [0.15, 0.2) is 0 Å². The number of ether oxygens (including phenoxy) is 4. The Morgan fingerprint density at radius 3 is 1.27 bits per heavy atom. The maximum atomic E-state index is 11.3. The van der Waals surface area contributed by atoms with Crippen LogP contribution in [0.25, 0.3) is 0 Å². The van der Waals surface area contributed by atoms with E-state index in [4.69, 9.17) is 18.9 Å². The van der Waals surface area contributed by atoms with Gasteiger partial charge in [-0.3, -0.25) is 9.59 Å². The van der Waals surface area contributed by atoms with Crippen molar-refractivity contribution in [2.75, 3.05) is 26.4 Å². The first-order valence-corrected chi connectivity index (χ1v) is 8.32. The van der Waals surface area contributed by atoms with Gasteiger partial charge in [0.25, 0.3) is 0 Å². The first-order valence-electron chi connectivity index (χ1n) is 8.32. The number of hydrogen-bond acceptors (Lipinski definition) is 8. The first-order chi connectivity index (χ1) is 12.6. The summed E-state index contributed by atoms with van der Waals surface area (Å²) in [5, 5.41) is 0. The first kappa shape index (κ1) is 19.4. The van der Waals surface area contributed by atoms with E-state index in [2.05, 4.69) is 0 Å². The van der Waals surface area contributed by atoms with Crippen molar-refractivity contribution in [3.05, 3.63) is 35.4 Å². The van der Waals surface area contributed by atoms with E-state index < -0.39 is 11.9 Å². The van der Waals surface area contributed by atoms with Crippen LogP contribution in [0.1, 0.15) is 46.4 Å². The summed E-state index contributed by atoms with van der Waals surface area (Å²) in [6.07, 6.45) is 2.22. The van der Waals surface area contributed by atoms with E-state index in [0.717, 1.165) is 0 Å². The fourth-order valence-electron chi connectivity index (χ4n) is 2.17. The van der Waals surface area contributed by atoms with Crippen LogP contribution in [-0.4, -0.2) is 50.3 Å². The Kier molecular flexibility index (Phi) is 7.60. The molecule has 0 atom stereocenters. The number of rotatable bonds is 0. The van der Waals surface area contributed by atoms with Crippen LogP contribution in [0.3, 0.4) is 0 Å². The minimum absolute atomic E-state index is 0.100. The van der Waals surface area contributed by atoms with Crippen molar-refractivity contribution in [1.29, 1.82) is 0 Å². The summed E-state index contributed by atoms with van der Waals surface area (Å²) >= 11 is 0. The highest BCUT2D eigenvalue weighted by Gasteiger charge is 2.13. The monoisotopic (exact) mass is 364 g/mol. The second-order valence-electron chi connectivity index (χ2n) is 5.50. The molecule has 0 unspecified atom stereocenters. The zero-order valence-electron chi connectivity index (χ0n) is 14.2. The number of benzene rings is 1. The molecular weight excluding hydrogens is 344 g/mol. The average molecular weight is 364 g/mol. The summed E-state index contributed by atoms with van der Waals surface area (Å²) in [7, 11) is 0. The van der Waals surface area contributed by atoms with Gasteiger partial charge in [-0.05, 0) is 37.1 Å². The predicted molar refractivity (Wildman–Crippen MR) is 87.4 cm³/mol. The molecule has 0 spiro atoms. The number of cyclic esters (lactones) is 2. The Morgan fingerprint density at radius 1 is 0.538 bits per heavy atom. The van der Waals surface area contributed by atoms with Crippen LogP contribution in [0.5, 0.6) is 0 Å². The van der Waals surface area contributed by atoms with Crippen LogP contribution in [0.4, 0.5) is 0 Å². The third-order valence-corrected chi connectivity index (χ3v) is 3.53. The molecular formula is C18H20O8. The molecule has 0 aromatic heterocycles. The molecule has 2 bridgehead atoms. The third kappa shape index (κ3) is 6.54. The molecule has 1 aromatic carbocycles. The lowest BCUT2D eigenvalue weighted by molar-refractivity contribution is -0.153. The van der Waals surface area contributed by atoms with Crippen molar-refractivity contribution >= 4 is 23.9 Å². The largest absolute Gasteiger partial charge is 0.462 e. The zero-order chi connectivity index (χ0) is 18.8. The lowest BCUT2D eigenvalue weighted by Gasteiger charge is -2.09. The van der Waals surface area contributed by atoms with Gasteiger partial charge in [0.1, 0.15) is 26.4 Å². The smallest absolute Gasteiger partial charge is 0.338 e. The Labute approximate surface area is 150 Å². The fraction of sp³-hybridized carbons (Fsp3) is 0.444. The van der Waals surface area contributed by atoms with Crippen molar-refractivity contribution in [3.8, 4) is 0 Å². The molecule has 1 aromatic rings. The van der Waals surface area contributed by atoms with Crippen LogP contribution in [0.2, 0.25) is 0 Å².